The third-order valence-corrected chi connectivity index (χ3v) is 7.06. The van der Waals surface area contributed by atoms with Gasteiger partial charge in [0.25, 0.3) is 0 Å². The molecule has 2 heterocycles. The number of nitrogens with zero attached hydrogens (tertiary/aromatic N) is 2. The Kier molecular flexibility index (Phi) is 5.09. The van der Waals surface area contributed by atoms with Gasteiger partial charge in [-0.1, -0.05) is 42.5 Å². The number of ether oxygens (including phenoxy) is 2. The van der Waals surface area contributed by atoms with E-state index in [-0.39, 0.29) is 5.92 Å². The average Bonchev–Trinajstić information content (AvgIpc) is 3.23. The van der Waals surface area contributed by atoms with Gasteiger partial charge in [0.1, 0.15) is 11.5 Å². The van der Waals surface area contributed by atoms with Gasteiger partial charge in [0.2, 0.25) is 0 Å². The second kappa shape index (κ2) is 7.85. The molecular formula is C26H25N3O4. The van der Waals surface area contributed by atoms with E-state index in [1.807, 2.05) is 37.4 Å². The van der Waals surface area contributed by atoms with Crippen molar-refractivity contribution in [1.29, 1.82) is 5.26 Å². The Morgan fingerprint density at radius 1 is 1.15 bits per heavy atom. The molecule has 0 saturated heterocycles. The fourth-order valence-corrected chi connectivity index (χ4v) is 5.79. The van der Waals surface area contributed by atoms with E-state index in [4.69, 9.17) is 9.47 Å². The van der Waals surface area contributed by atoms with Crippen molar-refractivity contribution in [3.05, 3.63) is 89.2 Å². The number of aliphatic hydroxyl groups is 2. The average molecular weight is 444 g/mol. The molecule has 168 valence electrons. The highest BCUT2D eigenvalue weighted by molar-refractivity contribution is 5.59. The largest absolute Gasteiger partial charge is 0.495 e. The standard InChI is InChI=1S/C26H25N3O4/c1-28-13-19-22(17-6-4-3-5-7-17)26(18-10-8-16(12-27)9-11-18)25(31,24(19)30)23-20(32-2)14-29-15-21(23)33-26/h3-11,14-15,19,22,24,28,30-31H,13H2,1-2H3/t19?,22?,24-,25+,26+/m1/s1. The number of methoxy groups -OCH3 is 1. The van der Waals surface area contributed by atoms with Crippen molar-refractivity contribution >= 4 is 0 Å². The molecule has 0 radical (unpaired) electrons. The minimum Gasteiger partial charge on any atom is -0.495 e. The summed E-state index contributed by atoms with van der Waals surface area (Å²) in [6.45, 7) is 0.452. The lowest BCUT2D eigenvalue weighted by Gasteiger charge is -2.41. The van der Waals surface area contributed by atoms with Crippen molar-refractivity contribution in [3.63, 3.8) is 0 Å². The number of fused-ring (bicyclic) bond motifs is 3. The number of benzene rings is 2. The van der Waals surface area contributed by atoms with Gasteiger partial charge in [-0.15, -0.1) is 0 Å². The quantitative estimate of drug-likeness (QED) is 0.556. The summed E-state index contributed by atoms with van der Waals surface area (Å²) in [5.74, 6) is -0.0918. The maximum absolute atomic E-state index is 12.5. The normalized spacial score (nSPS) is 29.6. The smallest absolute Gasteiger partial charge is 0.177 e. The van der Waals surface area contributed by atoms with Crippen LogP contribution in [0.15, 0.2) is 67.0 Å². The number of nitriles is 1. The number of aromatic nitrogens is 1. The van der Waals surface area contributed by atoms with Gasteiger partial charge in [-0.2, -0.15) is 5.26 Å². The first-order valence-corrected chi connectivity index (χ1v) is 10.8. The lowest BCUT2D eigenvalue weighted by Crippen LogP contribution is -2.52. The molecule has 5 rings (SSSR count). The highest BCUT2D eigenvalue weighted by Gasteiger charge is 2.76. The van der Waals surface area contributed by atoms with Gasteiger partial charge in [-0.25, -0.2) is 0 Å². The Morgan fingerprint density at radius 2 is 1.88 bits per heavy atom. The zero-order valence-corrected chi connectivity index (χ0v) is 18.4. The topological polar surface area (TPSA) is 108 Å². The first-order valence-electron chi connectivity index (χ1n) is 10.8. The molecule has 2 aliphatic rings. The maximum atomic E-state index is 12.5. The minimum atomic E-state index is -1.83. The van der Waals surface area contributed by atoms with E-state index in [1.165, 1.54) is 13.3 Å². The van der Waals surface area contributed by atoms with Gasteiger partial charge in [0.05, 0.1) is 42.8 Å². The van der Waals surface area contributed by atoms with E-state index in [9.17, 15) is 15.5 Å². The molecule has 0 spiro atoms. The van der Waals surface area contributed by atoms with Crippen molar-refractivity contribution in [3.8, 4) is 17.6 Å². The molecule has 1 aromatic heterocycles. The van der Waals surface area contributed by atoms with Crippen LogP contribution >= 0.6 is 0 Å². The summed E-state index contributed by atoms with van der Waals surface area (Å²) in [4.78, 5) is 4.22. The van der Waals surface area contributed by atoms with E-state index in [0.29, 0.717) is 34.7 Å². The molecule has 5 atom stereocenters. The summed E-state index contributed by atoms with van der Waals surface area (Å²) in [6, 6.07) is 18.9. The van der Waals surface area contributed by atoms with Gasteiger partial charge in [-0.05, 0) is 30.3 Å². The van der Waals surface area contributed by atoms with Crippen LogP contribution in [0.25, 0.3) is 0 Å². The zero-order valence-electron chi connectivity index (χ0n) is 18.4. The van der Waals surface area contributed by atoms with Crippen LogP contribution in [0.2, 0.25) is 0 Å². The second-order valence-corrected chi connectivity index (χ2v) is 8.56. The Morgan fingerprint density at radius 3 is 2.52 bits per heavy atom. The van der Waals surface area contributed by atoms with Gasteiger partial charge in [0.15, 0.2) is 11.2 Å². The van der Waals surface area contributed by atoms with Crippen molar-refractivity contribution in [2.24, 2.45) is 5.92 Å². The predicted octanol–water partition coefficient (Wildman–Crippen LogP) is 2.43. The summed E-state index contributed by atoms with van der Waals surface area (Å²) in [7, 11) is 3.32. The van der Waals surface area contributed by atoms with E-state index >= 15 is 0 Å². The highest BCUT2D eigenvalue weighted by atomic mass is 16.5. The fourth-order valence-electron chi connectivity index (χ4n) is 5.79. The third kappa shape index (κ3) is 2.75. The van der Waals surface area contributed by atoms with Gasteiger partial charge in [-0.3, -0.25) is 4.98 Å². The van der Waals surface area contributed by atoms with Crippen LogP contribution < -0.4 is 14.8 Å². The van der Waals surface area contributed by atoms with Crippen molar-refractivity contribution in [2.45, 2.75) is 23.2 Å². The summed E-state index contributed by atoms with van der Waals surface area (Å²) in [6.07, 6.45) is 1.88. The van der Waals surface area contributed by atoms with Crippen LogP contribution in [-0.4, -0.2) is 42.0 Å². The summed E-state index contributed by atoms with van der Waals surface area (Å²) >= 11 is 0. The number of aliphatic hydroxyl groups excluding tert-OH is 1. The molecule has 33 heavy (non-hydrogen) atoms. The van der Waals surface area contributed by atoms with Gasteiger partial charge in [0, 0.05) is 18.4 Å². The first kappa shape index (κ1) is 21.4. The van der Waals surface area contributed by atoms with E-state index < -0.39 is 23.2 Å². The third-order valence-electron chi connectivity index (χ3n) is 7.06. The lowest BCUT2D eigenvalue weighted by molar-refractivity contribution is -0.152. The Balaban J connectivity index is 1.85. The second-order valence-electron chi connectivity index (χ2n) is 8.56. The van der Waals surface area contributed by atoms with E-state index in [1.54, 1.807) is 30.5 Å². The lowest BCUT2D eigenvalue weighted by atomic mass is 9.70. The van der Waals surface area contributed by atoms with Crippen LogP contribution in [0.1, 0.15) is 28.2 Å². The molecule has 1 aliphatic carbocycles. The van der Waals surface area contributed by atoms with E-state index in [0.717, 1.165) is 5.56 Å². The minimum absolute atomic E-state index is 0.349. The molecule has 1 fully saturated rings. The molecule has 2 unspecified atom stereocenters. The molecule has 7 heteroatoms. The highest BCUT2D eigenvalue weighted by Crippen LogP contribution is 2.69. The zero-order chi connectivity index (χ0) is 23.2. The van der Waals surface area contributed by atoms with Gasteiger partial charge >= 0.3 is 0 Å². The number of hydrogen-bond acceptors (Lipinski definition) is 7. The first-order chi connectivity index (χ1) is 16.0. The van der Waals surface area contributed by atoms with Crippen molar-refractivity contribution in [2.75, 3.05) is 20.7 Å². The number of hydrogen-bond donors (Lipinski definition) is 3. The predicted molar refractivity (Wildman–Crippen MR) is 121 cm³/mol. The van der Waals surface area contributed by atoms with Crippen LogP contribution in [0, 0.1) is 17.2 Å². The summed E-state index contributed by atoms with van der Waals surface area (Å²) in [5.41, 5.74) is -0.730. The molecule has 1 saturated carbocycles. The molecule has 3 aromatic rings. The monoisotopic (exact) mass is 443 g/mol. The molecule has 2 aromatic carbocycles. The van der Waals surface area contributed by atoms with Crippen molar-refractivity contribution in [1.82, 2.24) is 10.3 Å². The Hall–Kier alpha value is -3.44. The van der Waals surface area contributed by atoms with Crippen LogP contribution in [0.5, 0.6) is 11.5 Å². The number of rotatable bonds is 5. The van der Waals surface area contributed by atoms with Gasteiger partial charge < -0.3 is 25.0 Å². The summed E-state index contributed by atoms with van der Waals surface area (Å²) < 4.78 is 12.2. The van der Waals surface area contributed by atoms with E-state index in [2.05, 4.69) is 16.4 Å². The van der Waals surface area contributed by atoms with Crippen molar-refractivity contribution < 1.29 is 19.7 Å². The Bertz CT molecular complexity index is 1210. The molecule has 3 N–H and O–H groups in total. The maximum Gasteiger partial charge on any atom is 0.177 e. The fraction of sp³-hybridized carbons (Fsp3) is 0.308. The summed E-state index contributed by atoms with van der Waals surface area (Å²) in [5, 5.41) is 36.8. The van der Waals surface area contributed by atoms with Crippen LogP contribution in [-0.2, 0) is 11.2 Å². The number of nitrogens with one attached hydrogen (secondary N) is 1. The molecule has 1 aliphatic heterocycles. The SMILES string of the molecule is CNCC1C(c2ccccc2)[C@]2(c3ccc(C#N)cc3)Oc3cncc(OC)c3[C@]2(O)[C@@H]1O. The molecule has 0 bridgehead atoms. The molecular weight excluding hydrogens is 418 g/mol. The van der Waals surface area contributed by atoms with Crippen LogP contribution in [0.4, 0.5) is 0 Å². The molecule has 7 nitrogen and oxygen atoms in total. The number of pyridine rings is 1. The molecule has 0 amide bonds. The Labute approximate surface area is 192 Å². The van der Waals surface area contributed by atoms with Crippen LogP contribution in [0.3, 0.4) is 0 Å².